The average molecular weight is 385 g/mol. The number of amides is 1. The number of halogens is 3. The molecule has 0 aliphatic rings. The van der Waals surface area contributed by atoms with Crippen molar-refractivity contribution in [2.24, 2.45) is 0 Å². The Hall–Kier alpha value is -2.33. The second-order valence-corrected chi connectivity index (χ2v) is 5.60. The molecule has 24 heavy (non-hydrogen) atoms. The van der Waals surface area contributed by atoms with E-state index < -0.39 is 18.5 Å². The average Bonchev–Trinajstić information content (AvgIpc) is 2.55. The topological polar surface area (TPSA) is 92.1 Å². The highest BCUT2D eigenvalue weighted by Crippen LogP contribution is 2.20. The standard InChI is InChI=1S/C15H8Cl3N3O3/c16-10-3-4-12(18)21-14(10)15(23)24-7-13(22)20-9-2-1-8(6-19)11(17)5-9/h1-5H,7H2,(H,20,22). The van der Waals surface area contributed by atoms with Crippen LogP contribution < -0.4 is 5.32 Å². The third-order valence-electron chi connectivity index (χ3n) is 2.71. The van der Waals surface area contributed by atoms with Gasteiger partial charge in [-0.3, -0.25) is 4.79 Å². The zero-order chi connectivity index (χ0) is 17.7. The number of carbonyl (C=O) groups is 2. The number of nitrogens with zero attached hydrogens (tertiary/aromatic N) is 2. The van der Waals surface area contributed by atoms with E-state index in [1.54, 1.807) is 0 Å². The summed E-state index contributed by atoms with van der Waals surface area (Å²) in [5.41, 5.74) is 0.458. The number of anilines is 1. The van der Waals surface area contributed by atoms with Gasteiger partial charge in [-0.05, 0) is 30.3 Å². The molecule has 0 bridgehead atoms. The number of nitrogens with one attached hydrogen (secondary N) is 1. The Kier molecular flexibility index (Phi) is 5.99. The summed E-state index contributed by atoms with van der Waals surface area (Å²) in [6, 6.07) is 9.08. The summed E-state index contributed by atoms with van der Waals surface area (Å²) in [5.74, 6) is -1.47. The molecule has 9 heteroatoms. The van der Waals surface area contributed by atoms with E-state index in [1.165, 1.54) is 30.3 Å². The number of carbonyl (C=O) groups excluding carboxylic acids is 2. The molecule has 0 atom stereocenters. The molecule has 0 radical (unpaired) electrons. The lowest BCUT2D eigenvalue weighted by Crippen LogP contribution is -2.21. The maximum absolute atomic E-state index is 11.8. The van der Waals surface area contributed by atoms with Crippen molar-refractivity contribution in [1.29, 1.82) is 5.26 Å². The van der Waals surface area contributed by atoms with Crippen LogP contribution in [-0.2, 0) is 9.53 Å². The van der Waals surface area contributed by atoms with Crippen LogP contribution in [0.2, 0.25) is 15.2 Å². The fourth-order valence-corrected chi connectivity index (χ4v) is 2.19. The van der Waals surface area contributed by atoms with Gasteiger partial charge in [0.2, 0.25) is 0 Å². The van der Waals surface area contributed by atoms with Crippen molar-refractivity contribution in [3.05, 3.63) is 56.8 Å². The molecule has 1 N–H and O–H groups in total. The summed E-state index contributed by atoms with van der Waals surface area (Å²) in [5, 5.41) is 11.6. The van der Waals surface area contributed by atoms with Gasteiger partial charge in [0.05, 0.1) is 15.6 Å². The van der Waals surface area contributed by atoms with E-state index in [0.29, 0.717) is 5.69 Å². The van der Waals surface area contributed by atoms with Crippen molar-refractivity contribution < 1.29 is 14.3 Å². The smallest absolute Gasteiger partial charge is 0.359 e. The van der Waals surface area contributed by atoms with Gasteiger partial charge in [-0.25, -0.2) is 9.78 Å². The zero-order valence-corrected chi connectivity index (χ0v) is 14.1. The molecule has 2 rings (SSSR count). The number of hydrogen-bond donors (Lipinski definition) is 1. The number of benzene rings is 1. The number of pyridine rings is 1. The van der Waals surface area contributed by atoms with Gasteiger partial charge in [-0.15, -0.1) is 0 Å². The molecule has 0 saturated heterocycles. The molecular weight excluding hydrogens is 377 g/mol. The van der Waals surface area contributed by atoms with Crippen molar-refractivity contribution in [3.8, 4) is 6.07 Å². The van der Waals surface area contributed by atoms with Crippen molar-refractivity contribution in [1.82, 2.24) is 4.98 Å². The third kappa shape index (κ3) is 4.59. The molecule has 1 heterocycles. The van der Waals surface area contributed by atoms with Crippen molar-refractivity contribution in [3.63, 3.8) is 0 Å². The monoisotopic (exact) mass is 383 g/mol. The van der Waals surface area contributed by atoms with Gasteiger partial charge in [0, 0.05) is 5.69 Å². The van der Waals surface area contributed by atoms with Crippen LogP contribution in [0.4, 0.5) is 5.69 Å². The molecule has 0 aliphatic heterocycles. The molecule has 122 valence electrons. The highest BCUT2D eigenvalue weighted by Gasteiger charge is 2.16. The van der Waals surface area contributed by atoms with Gasteiger partial charge >= 0.3 is 5.97 Å². The summed E-state index contributed by atoms with van der Waals surface area (Å²) in [7, 11) is 0. The molecular formula is C15H8Cl3N3O3. The minimum atomic E-state index is -0.879. The summed E-state index contributed by atoms with van der Waals surface area (Å²) in [6.07, 6.45) is 0. The number of ether oxygens (including phenoxy) is 1. The number of rotatable bonds is 4. The maximum atomic E-state index is 11.8. The van der Waals surface area contributed by atoms with E-state index in [9.17, 15) is 9.59 Å². The van der Waals surface area contributed by atoms with Crippen LogP contribution in [0, 0.1) is 11.3 Å². The maximum Gasteiger partial charge on any atom is 0.359 e. The normalized spacial score (nSPS) is 9.92. The van der Waals surface area contributed by atoms with E-state index in [0.717, 1.165) is 0 Å². The predicted molar refractivity (Wildman–Crippen MR) is 89.3 cm³/mol. The van der Waals surface area contributed by atoms with Crippen molar-refractivity contribution in [2.45, 2.75) is 0 Å². The molecule has 0 fully saturated rings. The second-order valence-electron chi connectivity index (χ2n) is 4.40. The Bertz CT molecular complexity index is 850. The van der Waals surface area contributed by atoms with Gasteiger partial charge < -0.3 is 10.1 Å². The molecule has 1 aromatic heterocycles. The molecule has 1 aromatic carbocycles. The van der Waals surface area contributed by atoms with Crippen molar-refractivity contribution >= 4 is 52.4 Å². The lowest BCUT2D eigenvalue weighted by atomic mass is 10.2. The van der Waals surface area contributed by atoms with Crippen LogP contribution in [0.15, 0.2) is 30.3 Å². The van der Waals surface area contributed by atoms with Crippen LogP contribution in [-0.4, -0.2) is 23.5 Å². The number of esters is 1. The molecule has 0 unspecified atom stereocenters. The first kappa shape index (κ1) is 18.0. The first-order valence-electron chi connectivity index (χ1n) is 6.39. The first-order chi connectivity index (χ1) is 11.4. The summed E-state index contributed by atoms with van der Waals surface area (Å²) in [6.45, 7) is -0.555. The fourth-order valence-electron chi connectivity index (χ4n) is 1.64. The van der Waals surface area contributed by atoms with Crippen molar-refractivity contribution in [2.75, 3.05) is 11.9 Å². The second kappa shape index (κ2) is 7.97. The summed E-state index contributed by atoms with van der Waals surface area (Å²) < 4.78 is 4.83. The Morgan fingerprint density at radius 3 is 2.58 bits per heavy atom. The van der Waals surface area contributed by atoms with E-state index in [1.807, 2.05) is 6.07 Å². The van der Waals surface area contributed by atoms with Crippen LogP contribution >= 0.6 is 34.8 Å². The molecule has 6 nitrogen and oxygen atoms in total. The highest BCUT2D eigenvalue weighted by atomic mass is 35.5. The minimum absolute atomic E-state index is 0.0590. The van der Waals surface area contributed by atoms with Gasteiger partial charge in [0.25, 0.3) is 5.91 Å². The number of nitriles is 1. The summed E-state index contributed by atoms with van der Waals surface area (Å²) >= 11 is 17.4. The van der Waals surface area contributed by atoms with Gasteiger partial charge in [-0.1, -0.05) is 34.8 Å². The summed E-state index contributed by atoms with van der Waals surface area (Å²) in [4.78, 5) is 27.4. The lowest BCUT2D eigenvalue weighted by Gasteiger charge is -2.08. The van der Waals surface area contributed by atoms with Crippen LogP contribution in [0.25, 0.3) is 0 Å². The molecule has 1 amide bonds. The van der Waals surface area contributed by atoms with Gasteiger partial charge in [0.15, 0.2) is 12.3 Å². The quantitative estimate of drug-likeness (QED) is 0.641. The Balaban J connectivity index is 1.96. The van der Waals surface area contributed by atoms with Gasteiger partial charge in [0.1, 0.15) is 11.2 Å². The van der Waals surface area contributed by atoms with E-state index in [-0.39, 0.29) is 26.5 Å². The Morgan fingerprint density at radius 2 is 1.92 bits per heavy atom. The minimum Gasteiger partial charge on any atom is -0.451 e. The fraction of sp³-hybridized carbons (Fsp3) is 0.0667. The number of hydrogen-bond acceptors (Lipinski definition) is 5. The lowest BCUT2D eigenvalue weighted by molar-refractivity contribution is -0.119. The van der Waals surface area contributed by atoms with Crippen LogP contribution in [0.3, 0.4) is 0 Å². The van der Waals surface area contributed by atoms with Crippen LogP contribution in [0.5, 0.6) is 0 Å². The molecule has 2 aromatic rings. The van der Waals surface area contributed by atoms with E-state index in [4.69, 9.17) is 44.8 Å². The molecule has 0 spiro atoms. The highest BCUT2D eigenvalue weighted by molar-refractivity contribution is 6.34. The van der Waals surface area contributed by atoms with Crippen LogP contribution in [0.1, 0.15) is 16.1 Å². The Labute approximate surface area is 151 Å². The third-order valence-corrected chi connectivity index (χ3v) is 3.54. The van der Waals surface area contributed by atoms with E-state index in [2.05, 4.69) is 10.3 Å². The van der Waals surface area contributed by atoms with Gasteiger partial charge in [-0.2, -0.15) is 5.26 Å². The first-order valence-corrected chi connectivity index (χ1v) is 7.52. The zero-order valence-electron chi connectivity index (χ0n) is 11.8. The Morgan fingerprint density at radius 1 is 1.17 bits per heavy atom. The van der Waals surface area contributed by atoms with E-state index >= 15 is 0 Å². The molecule has 0 aliphatic carbocycles. The SMILES string of the molecule is N#Cc1ccc(NC(=O)COC(=O)c2nc(Cl)ccc2Cl)cc1Cl. The molecule has 0 saturated carbocycles. The largest absolute Gasteiger partial charge is 0.451 e. The number of aromatic nitrogens is 1. The predicted octanol–water partition coefficient (Wildman–Crippen LogP) is 3.71.